The molecule has 0 saturated carbocycles. The van der Waals surface area contributed by atoms with E-state index < -0.39 is 0 Å². The summed E-state index contributed by atoms with van der Waals surface area (Å²) in [6.45, 7) is 0.705. The molecular formula is C28H25N2O3+. The number of carbonyl (C=O) groups excluding carboxylic acids is 2. The van der Waals surface area contributed by atoms with Crippen LogP contribution in [0, 0.1) is 0 Å². The largest absolute Gasteiger partial charge is 0.468 e. The number of allylic oxidation sites excluding steroid dienone is 3. The summed E-state index contributed by atoms with van der Waals surface area (Å²) in [5.74, 6) is 0.304. The summed E-state index contributed by atoms with van der Waals surface area (Å²) in [6, 6.07) is 8.93. The lowest BCUT2D eigenvalue weighted by molar-refractivity contribution is -0.362. The first kappa shape index (κ1) is 19.9. The molecule has 3 aliphatic carbocycles. The second-order valence-corrected chi connectivity index (χ2v) is 8.90. The molecule has 0 amide bonds. The second kappa shape index (κ2) is 8.00. The van der Waals surface area contributed by atoms with Gasteiger partial charge in [0, 0.05) is 29.8 Å². The van der Waals surface area contributed by atoms with Gasteiger partial charge in [-0.15, -0.1) is 0 Å². The van der Waals surface area contributed by atoms with Crippen molar-refractivity contribution in [2.75, 3.05) is 11.9 Å². The molecule has 33 heavy (non-hydrogen) atoms. The Bertz CT molecular complexity index is 1310. The second-order valence-electron chi connectivity index (χ2n) is 8.90. The van der Waals surface area contributed by atoms with Gasteiger partial charge in [0.05, 0.1) is 11.3 Å². The first-order valence-corrected chi connectivity index (χ1v) is 11.7. The van der Waals surface area contributed by atoms with Gasteiger partial charge in [-0.1, -0.05) is 48.1 Å². The molecule has 0 bridgehead atoms. The topological polar surface area (TPSA) is 69.4 Å². The van der Waals surface area contributed by atoms with Crippen molar-refractivity contribution < 1.29 is 19.3 Å². The number of hydrogen-bond acceptors (Lipinski definition) is 4. The Morgan fingerprint density at radius 2 is 1.85 bits per heavy atom. The highest BCUT2D eigenvalue weighted by atomic mass is 16.5. The van der Waals surface area contributed by atoms with Gasteiger partial charge in [-0.3, -0.25) is 9.59 Å². The van der Waals surface area contributed by atoms with Crippen molar-refractivity contribution in [3.63, 3.8) is 0 Å². The molecule has 0 radical (unpaired) electrons. The fraction of sp³-hybridized carbons (Fsp3) is 0.250. The normalized spacial score (nSPS) is 20.1. The third-order valence-corrected chi connectivity index (χ3v) is 6.81. The maximum absolute atomic E-state index is 13.6. The van der Waals surface area contributed by atoms with Crippen LogP contribution in [0.2, 0.25) is 0 Å². The number of rotatable bonds is 4. The Kier molecular flexibility index (Phi) is 4.83. The number of hydrogen-bond donors (Lipinski definition) is 2. The number of ketones is 2. The van der Waals surface area contributed by atoms with Crippen molar-refractivity contribution in [1.82, 2.24) is 0 Å². The summed E-state index contributed by atoms with van der Waals surface area (Å²) < 4.78 is 6.26. The van der Waals surface area contributed by atoms with Crippen LogP contribution in [0.5, 0.6) is 5.75 Å². The summed E-state index contributed by atoms with van der Waals surface area (Å²) >= 11 is 0. The van der Waals surface area contributed by atoms with Gasteiger partial charge in [-0.2, -0.15) is 0 Å². The molecule has 5 nitrogen and oxygen atoms in total. The van der Waals surface area contributed by atoms with Crippen LogP contribution in [0.25, 0.3) is 0 Å². The van der Waals surface area contributed by atoms with Crippen LogP contribution in [0.1, 0.15) is 63.9 Å². The van der Waals surface area contributed by atoms with Crippen LogP contribution in [0.4, 0.5) is 11.4 Å². The van der Waals surface area contributed by atoms with Crippen LogP contribution in [0.15, 0.2) is 66.3 Å². The SMILES string of the molecule is O=C1c2ccccc2C(=O)c2c3c(cc(NCCC4=CCCCC4)c21)OC1C=CC=CC1=[NH+]3. The van der Waals surface area contributed by atoms with E-state index in [0.717, 1.165) is 25.0 Å². The Hall–Kier alpha value is -3.73. The fourth-order valence-electron chi connectivity index (χ4n) is 5.14. The molecule has 1 atom stereocenters. The predicted octanol–water partition coefficient (Wildman–Crippen LogP) is 3.80. The number of carbonyl (C=O) groups is 2. The molecule has 1 unspecified atom stereocenters. The van der Waals surface area contributed by atoms with Crippen molar-refractivity contribution >= 4 is 28.7 Å². The molecule has 0 fully saturated rings. The predicted molar refractivity (Wildman–Crippen MR) is 128 cm³/mol. The number of ether oxygens (including phenoxy) is 1. The van der Waals surface area contributed by atoms with Crippen molar-refractivity contribution in [3.8, 4) is 5.75 Å². The van der Waals surface area contributed by atoms with Gasteiger partial charge in [0.2, 0.25) is 17.6 Å². The smallest absolute Gasteiger partial charge is 0.258 e. The Balaban J connectivity index is 1.45. The van der Waals surface area contributed by atoms with Crippen molar-refractivity contribution in [3.05, 3.63) is 88.5 Å². The van der Waals surface area contributed by atoms with Gasteiger partial charge in [-0.25, -0.2) is 4.99 Å². The van der Waals surface area contributed by atoms with E-state index in [1.807, 2.05) is 30.4 Å². The monoisotopic (exact) mass is 437 g/mol. The van der Waals surface area contributed by atoms with Crippen LogP contribution >= 0.6 is 0 Å². The molecule has 0 spiro atoms. The van der Waals surface area contributed by atoms with E-state index in [1.165, 1.54) is 18.4 Å². The maximum atomic E-state index is 13.6. The molecule has 1 aliphatic heterocycles. The van der Waals surface area contributed by atoms with E-state index in [9.17, 15) is 9.59 Å². The zero-order valence-electron chi connectivity index (χ0n) is 18.3. The number of anilines is 1. The molecule has 5 heteroatoms. The van der Waals surface area contributed by atoms with Gasteiger partial charge in [0.25, 0.3) is 5.69 Å². The lowest BCUT2D eigenvalue weighted by Crippen LogP contribution is -2.72. The first-order valence-electron chi connectivity index (χ1n) is 11.7. The highest BCUT2D eigenvalue weighted by Crippen LogP contribution is 2.41. The summed E-state index contributed by atoms with van der Waals surface area (Å²) in [5, 5.41) is 3.46. The zero-order chi connectivity index (χ0) is 22.4. The third-order valence-electron chi connectivity index (χ3n) is 6.81. The first-order chi connectivity index (χ1) is 16.2. The van der Waals surface area contributed by atoms with E-state index in [4.69, 9.17) is 4.74 Å². The maximum Gasteiger partial charge on any atom is 0.258 e. The Labute approximate surface area is 192 Å². The molecule has 4 aliphatic rings. The lowest BCUT2D eigenvalue weighted by Gasteiger charge is -2.26. The minimum Gasteiger partial charge on any atom is -0.468 e. The van der Waals surface area contributed by atoms with Crippen LogP contribution < -0.4 is 15.0 Å². The van der Waals surface area contributed by atoms with Gasteiger partial charge in [-0.05, 0) is 38.2 Å². The molecule has 2 aromatic carbocycles. The van der Waals surface area contributed by atoms with Crippen molar-refractivity contribution in [1.29, 1.82) is 0 Å². The summed E-state index contributed by atoms with van der Waals surface area (Å²) in [5.41, 5.74) is 5.27. The summed E-state index contributed by atoms with van der Waals surface area (Å²) in [7, 11) is 0. The zero-order valence-corrected chi connectivity index (χ0v) is 18.3. The summed E-state index contributed by atoms with van der Waals surface area (Å²) in [6.07, 6.45) is 15.6. The molecule has 164 valence electrons. The third kappa shape index (κ3) is 3.35. The van der Waals surface area contributed by atoms with Gasteiger partial charge in [0.15, 0.2) is 11.5 Å². The highest BCUT2D eigenvalue weighted by molar-refractivity contribution is 6.32. The van der Waals surface area contributed by atoms with Gasteiger partial charge >= 0.3 is 0 Å². The molecule has 0 aromatic heterocycles. The molecular weight excluding hydrogens is 412 g/mol. The molecule has 2 aromatic rings. The minimum atomic E-state index is -0.234. The van der Waals surface area contributed by atoms with E-state index in [2.05, 4.69) is 16.4 Å². The highest BCUT2D eigenvalue weighted by Gasteiger charge is 2.40. The molecule has 0 saturated heterocycles. The van der Waals surface area contributed by atoms with E-state index in [-0.39, 0.29) is 17.7 Å². The Morgan fingerprint density at radius 3 is 2.64 bits per heavy atom. The quantitative estimate of drug-likeness (QED) is 0.609. The van der Waals surface area contributed by atoms with Gasteiger partial charge < -0.3 is 10.1 Å². The number of benzene rings is 2. The molecule has 6 rings (SSSR count). The van der Waals surface area contributed by atoms with E-state index in [0.29, 0.717) is 45.9 Å². The van der Waals surface area contributed by atoms with E-state index >= 15 is 0 Å². The lowest BCUT2D eigenvalue weighted by atomic mass is 9.81. The number of fused-ring (bicyclic) bond motifs is 5. The van der Waals surface area contributed by atoms with Crippen molar-refractivity contribution in [2.45, 2.75) is 38.2 Å². The average Bonchev–Trinajstić information content (AvgIpc) is 2.86. The van der Waals surface area contributed by atoms with Crippen LogP contribution in [0.3, 0.4) is 0 Å². The Morgan fingerprint density at radius 1 is 1.03 bits per heavy atom. The fourth-order valence-corrected chi connectivity index (χ4v) is 5.14. The standard InChI is InChI=1S/C28H24N2O3/c31-27-18-10-4-5-11-19(18)28(32)25-24(27)21(29-15-14-17-8-2-1-3-9-17)16-23-26(25)30-20-12-6-7-13-22(20)33-23/h4-8,10-13,16,22,29H,1-3,9,14-15H2/p+1. The number of nitrogens with one attached hydrogen (secondary N) is 2. The average molecular weight is 438 g/mol. The van der Waals surface area contributed by atoms with Gasteiger partial charge in [0.1, 0.15) is 5.56 Å². The van der Waals surface area contributed by atoms with Crippen LogP contribution in [-0.2, 0) is 0 Å². The van der Waals surface area contributed by atoms with E-state index in [1.54, 1.807) is 24.3 Å². The molecule has 1 heterocycles. The van der Waals surface area contributed by atoms with Crippen LogP contribution in [-0.4, -0.2) is 29.9 Å². The molecule has 2 N–H and O–H groups in total. The summed E-state index contributed by atoms with van der Waals surface area (Å²) in [4.78, 5) is 30.6. The minimum absolute atomic E-state index is 0.129. The van der Waals surface area contributed by atoms with Crippen molar-refractivity contribution in [2.24, 2.45) is 0 Å².